The quantitative estimate of drug-likeness (QED) is 0.612. The van der Waals surface area contributed by atoms with Gasteiger partial charge in [-0.25, -0.2) is 4.79 Å². The van der Waals surface area contributed by atoms with Crippen LogP contribution < -0.4 is 5.32 Å². The van der Waals surface area contributed by atoms with E-state index in [4.69, 9.17) is 10.2 Å². The third-order valence-electron chi connectivity index (χ3n) is 1.95. The molecule has 0 unspecified atom stereocenters. The van der Waals surface area contributed by atoms with Crippen molar-refractivity contribution in [2.75, 3.05) is 0 Å². The number of hydrogen-bond acceptors (Lipinski definition) is 4. The van der Waals surface area contributed by atoms with E-state index in [1.165, 1.54) is 17.1 Å². The molecule has 1 amide bonds. The smallest absolute Gasteiger partial charge is 0.326 e. The van der Waals surface area contributed by atoms with Crippen LogP contribution in [0.2, 0.25) is 0 Å². The molecular weight excluding hydrogens is 230 g/mol. The Balaban J connectivity index is 2.70. The fraction of sp³-hybridized carbons (Fsp3) is 0.333. The molecule has 1 rings (SSSR count). The zero-order valence-electron chi connectivity index (χ0n) is 8.95. The highest BCUT2D eigenvalue weighted by atomic mass is 16.4. The van der Waals surface area contributed by atoms with Gasteiger partial charge in [0, 0.05) is 13.2 Å². The molecule has 0 fully saturated rings. The van der Waals surface area contributed by atoms with Gasteiger partial charge in [0.15, 0.2) is 0 Å². The number of aliphatic carboxylic acids is 2. The Morgan fingerprint density at radius 3 is 2.53 bits per heavy atom. The van der Waals surface area contributed by atoms with Gasteiger partial charge in [0.05, 0.1) is 18.2 Å². The van der Waals surface area contributed by atoms with Crippen molar-refractivity contribution < 1.29 is 24.6 Å². The van der Waals surface area contributed by atoms with Crippen molar-refractivity contribution in [3.8, 4) is 0 Å². The normalized spacial score (nSPS) is 11.8. The number of carbonyl (C=O) groups is 3. The number of nitrogens with zero attached hydrogens (tertiary/aromatic N) is 2. The first-order valence-corrected chi connectivity index (χ1v) is 4.64. The maximum absolute atomic E-state index is 11.5. The zero-order valence-corrected chi connectivity index (χ0v) is 8.95. The van der Waals surface area contributed by atoms with Crippen molar-refractivity contribution in [1.29, 1.82) is 0 Å². The van der Waals surface area contributed by atoms with Crippen LogP contribution in [-0.4, -0.2) is 43.9 Å². The Kier molecular flexibility index (Phi) is 3.81. The van der Waals surface area contributed by atoms with Crippen LogP contribution in [0.4, 0.5) is 0 Å². The van der Waals surface area contributed by atoms with Crippen molar-refractivity contribution in [3.63, 3.8) is 0 Å². The summed E-state index contributed by atoms with van der Waals surface area (Å²) in [5.74, 6) is -3.37. The Bertz CT molecular complexity index is 453. The lowest BCUT2D eigenvalue weighted by Crippen LogP contribution is -2.42. The van der Waals surface area contributed by atoms with Crippen LogP contribution in [0.15, 0.2) is 12.4 Å². The van der Waals surface area contributed by atoms with Gasteiger partial charge >= 0.3 is 11.9 Å². The molecule has 8 nitrogen and oxygen atoms in total. The molecule has 8 heteroatoms. The molecule has 0 spiro atoms. The number of rotatable bonds is 5. The second-order valence-electron chi connectivity index (χ2n) is 3.36. The molecule has 0 radical (unpaired) electrons. The number of carbonyl (C=O) groups excluding carboxylic acids is 1. The molecule has 0 aliphatic rings. The van der Waals surface area contributed by atoms with Crippen molar-refractivity contribution >= 4 is 17.8 Å². The number of nitrogens with one attached hydrogen (secondary N) is 1. The van der Waals surface area contributed by atoms with Crippen molar-refractivity contribution in [2.24, 2.45) is 7.05 Å². The van der Waals surface area contributed by atoms with Crippen LogP contribution in [0.3, 0.4) is 0 Å². The fourth-order valence-corrected chi connectivity index (χ4v) is 1.15. The predicted molar refractivity (Wildman–Crippen MR) is 54.4 cm³/mol. The number of aryl methyl sites for hydroxylation is 1. The monoisotopic (exact) mass is 241 g/mol. The van der Waals surface area contributed by atoms with Gasteiger partial charge in [-0.1, -0.05) is 0 Å². The van der Waals surface area contributed by atoms with Gasteiger partial charge in [0.25, 0.3) is 5.91 Å². The van der Waals surface area contributed by atoms with Crippen molar-refractivity contribution in [2.45, 2.75) is 12.5 Å². The summed E-state index contributed by atoms with van der Waals surface area (Å²) in [7, 11) is 1.60. The molecular formula is C9H11N3O5. The molecule has 1 aromatic rings. The summed E-state index contributed by atoms with van der Waals surface area (Å²) in [4.78, 5) is 32.6. The number of hydrogen-bond donors (Lipinski definition) is 3. The van der Waals surface area contributed by atoms with Crippen LogP contribution in [-0.2, 0) is 16.6 Å². The summed E-state index contributed by atoms with van der Waals surface area (Å²) in [5, 5.41) is 23.1. The molecule has 0 bridgehead atoms. The summed E-state index contributed by atoms with van der Waals surface area (Å²) >= 11 is 0. The van der Waals surface area contributed by atoms with Gasteiger partial charge in [0.2, 0.25) is 0 Å². The van der Waals surface area contributed by atoms with Crippen LogP contribution in [0.25, 0.3) is 0 Å². The van der Waals surface area contributed by atoms with E-state index < -0.39 is 30.3 Å². The number of aromatic nitrogens is 2. The van der Waals surface area contributed by atoms with Gasteiger partial charge in [-0.05, 0) is 0 Å². The minimum atomic E-state index is -1.46. The lowest BCUT2D eigenvalue weighted by atomic mass is 10.2. The Morgan fingerprint density at radius 1 is 1.47 bits per heavy atom. The molecule has 1 atom stereocenters. The Labute approximate surface area is 95.9 Å². The molecule has 0 saturated carbocycles. The number of carboxylic acid groups (broad SMARTS) is 2. The summed E-state index contributed by atoms with van der Waals surface area (Å²) in [6, 6.07) is -1.46. The first-order valence-electron chi connectivity index (χ1n) is 4.64. The first-order chi connectivity index (χ1) is 7.90. The SMILES string of the molecule is Cn1cc(C(=O)N[C@H](CC(=O)O)C(=O)O)cn1. The summed E-state index contributed by atoms with van der Waals surface area (Å²) < 4.78 is 1.38. The van der Waals surface area contributed by atoms with Crippen LogP contribution in [0, 0.1) is 0 Å². The zero-order chi connectivity index (χ0) is 13.0. The molecule has 3 N–H and O–H groups in total. The Morgan fingerprint density at radius 2 is 2.12 bits per heavy atom. The second-order valence-corrected chi connectivity index (χ2v) is 3.36. The minimum Gasteiger partial charge on any atom is -0.481 e. The van der Waals surface area contributed by atoms with E-state index in [0.29, 0.717) is 0 Å². The molecule has 0 aliphatic carbocycles. The summed E-state index contributed by atoms with van der Waals surface area (Å²) in [6.07, 6.45) is 1.98. The largest absolute Gasteiger partial charge is 0.481 e. The van der Waals surface area contributed by atoms with Gasteiger partial charge in [-0.15, -0.1) is 0 Å². The first kappa shape index (κ1) is 12.7. The van der Waals surface area contributed by atoms with Crippen LogP contribution in [0.1, 0.15) is 16.8 Å². The molecule has 1 heterocycles. The molecule has 1 aromatic heterocycles. The van der Waals surface area contributed by atoms with Crippen LogP contribution in [0.5, 0.6) is 0 Å². The molecule has 0 saturated heterocycles. The van der Waals surface area contributed by atoms with E-state index in [1.807, 2.05) is 0 Å². The van der Waals surface area contributed by atoms with Crippen LogP contribution >= 0.6 is 0 Å². The topological polar surface area (TPSA) is 122 Å². The Hall–Kier alpha value is -2.38. The summed E-state index contributed by atoms with van der Waals surface area (Å²) in [5.41, 5.74) is 0.170. The van der Waals surface area contributed by atoms with Gasteiger partial charge < -0.3 is 15.5 Å². The van der Waals surface area contributed by atoms with E-state index >= 15 is 0 Å². The fourth-order valence-electron chi connectivity index (χ4n) is 1.15. The van der Waals surface area contributed by atoms with E-state index in [0.717, 1.165) is 0 Å². The number of amides is 1. The van der Waals surface area contributed by atoms with E-state index in [-0.39, 0.29) is 5.56 Å². The van der Waals surface area contributed by atoms with E-state index in [1.54, 1.807) is 7.05 Å². The average molecular weight is 241 g/mol. The maximum Gasteiger partial charge on any atom is 0.326 e. The highest BCUT2D eigenvalue weighted by Gasteiger charge is 2.23. The third kappa shape index (κ3) is 3.59. The van der Waals surface area contributed by atoms with Crippen molar-refractivity contribution in [1.82, 2.24) is 15.1 Å². The minimum absolute atomic E-state index is 0.170. The van der Waals surface area contributed by atoms with Crippen molar-refractivity contribution in [3.05, 3.63) is 18.0 Å². The number of carboxylic acids is 2. The molecule has 17 heavy (non-hydrogen) atoms. The van der Waals surface area contributed by atoms with E-state index in [9.17, 15) is 14.4 Å². The van der Waals surface area contributed by atoms with Gasteiger partial charge in [-0.2, -0.15) is 5.10 Å². The summed E-state index contributed by atoms with van der Waals surface area (Å²) in [6.45, 7) is 0. The lowest BCUT2D eigenvalue weighted by molar-refractivity contribution is -0.145. The lowest BCUT2D eigenvalue weighted by Gasteiger charge is -2.11. The second kappa shape index (κ2) is 5.10. The predicted octanol–water partition coefficient (Wildman–Crippen LogP) is -0.922. The van der Waals surface area contributed by atoms with E-state index in [2.05, 4.69) is 10.4 Å². The third-order valence-corrected chi connectivity index (χ3v) is 1.95. The average Bonchev–Trinajstić information content (AvgIpc) is 2.63. The maximum atomic E-state index is 11.5. The van der Waals surface area contributed by atoms with Gasteiger partial charge in [-0.3, -0.25) is 14.3 Å². The standard InChI is InChI=1S/C9H11N3O5/c1-12-4-5(3-10-12)8(15)11-6(9(16)17)2-7(13)14/h3-4,6H,2H2,1H3,(H,11,15)(H,13,14)(H,16,17)/t6-/m1/s1. The molecule has 0 aliphatic heterocycles. The van der Waals surface area contributed by atoms with Gasteiger partial charge in [0.1, 0.15) is 6.04 Å². The highest BCUT2D eigenvalue weighted by Crippen LogP contribution is 1.99. The highest BCUT2D eigenvalue weighted by molar-refractivity contribution is 5.96. The molecule has 0 aromatic carbocycles. The molecule has 92 valence electrons.